The van der Waals surface area contributed by atoms with Gasteiger partial charge in [0.15, 0.2) is 11.3 Å². The second kappa shape index (κ2) is 7.12. The number of imidazole rings is 1. The maximum atomic E-state index is 12.4. The second-order valence-corrected chi connectivity index (χ2v) is 6.21. The van der Waals surface area contributed by atoms with E-state index in [4.69, 9.17) is 9.47 Å². The summed E-state index contributed by atoms with van der Waals surface area (Å²) in [7, 11) is 3.07. The Morgan fingerprint density at radius 2 is 2.00 bits per heavy atom. The number of rotatable bonds is 6. The SMILES string of the molecule is COC(CNC(=O)c1csc2nc(-c3ccc(C)cc3)cn12)OC. The number of hydrogen-bond donors (Lipinski definition) is 1. The van der Waals surface area contributed by atoms with Crippen LogP contribution in [0.3, 0.4) is 0 Å². The maximum Gasteiger partial charge on any atom is 0.269 e. The number of methoxy groups -OCH3 is 2. The molecule has 0 atom stereocenters. The Morgan fingerprint density at radius 1 is 1.29 bits per heavy atom. The molecule has 0 aliphatic heterocycles. The smallest absolute Gasteiger partial charge is 0.269 e. The van der Waals surface area contributed by atoms with E-state index in [0.717, 1.165) is 16.2 Å². The third-order valence-corrected chi connectivity index (χ3v) is 4.58. The van der Waals surface area contributed by atoms with Crippen LogP contribution in [0.4, 0.5) is 0 Å². The van der Waals surface area contributed by atoms with Crippen LogP contribution in [0.25, 0.3) is 16.2 Å². The highest BCUT2D eigenvalue weighted by molar-refractivity contribution is 7.15. The summed E-state index contributed by atoms with van der Waals surface area (Å²) in [6.07, 6.45) is 1.42. The molecular weight excluding hydrogens is 326 g/mol. The largest absolute Gasteiger partial charge is 0.354 e. The van der Waals surface area contributed by atoms with Gasteiger partial charge in [0.05, 0.1) is 12.2 Å². The van der Waals surface area contributed by atoms with Crippen molar-refractivity contribution in [3.8, 4) is 11.3 Å². The van der Waals surface area contributed by atoms with Crippen molar-refractivity contribution in [2.45, 2.75) is 13.2 Å². The number of hydrogen-bond acceptors (Lipinski definition) is 5. The molecule has 0 fully saturated rings. The zero-order chi connectivity index (χ0) is 17.1. The molecule has 0 aliphatic carbocycles. The van der Waals surface area contributed by atoms with Gasteiger partial charge in [0.2, 0.25) is 0 Å². The first kappa shape index (κ1) is 16.6. The summed E-state index contributed by atoms with van der Waals surface area (Å²) < 4.78 is 12.0. The molecule has 126 valence electrons. The Bertz CT molecular complexity index is 835. The average molecular weight is 345 g/mol. The lowest BCUT2D eigenvalue weighted by atomic mass is 10.1. The van der Waals surface area contributed by atoms with E-state index in [1.807, 2.05) is 41.8 Å². The maximum absolute atomic E-state index is 12.4. The van der Waals surface area contributed by atoms with Crippen LogP contribution in [-0.4, -0.2) is 42.3 Å². The fourth-order valence-electron chi connectivity index (χ4n) is 2.34. The summed E-state index contributed by atoms with van der Waals surface area (Å²) in [6.45, 7) is 2.33. The number of fused-ring (bicyclic) bond motifs is 1. The predicted octanol–water partition coefficient (Wildman–Crippen LogP) is 2.72. The molecule has 0 spiro atoms. The number of aryl methyl sites for hydroxylation is 1. The molecule has 0 aliphatic rings. The number of thiazole rings is 1. The number of nitrogens with zero attached hydrogens (tertiary/aromatic N) is 2. The molecule has 0 unspecified atom stereocenters. The van der Waals surface area contributed by atoms with Crippen LogP contribution in [0, 0.1) is 6.92 Å². The molecule has 3 aromatic rings. The van der Waals surface area contributed by atoms with Gasteiger partial charge in [-0.15, -0.1) is 11.3 Å². The van der Waals surface area contributed by atoms with Gasteiger partial charge < -0.3 is 14.8 Å². The van der Waals surface area contributed by atoms with Crippen molar-refractivity contribution in [3.05, 3.63) is 47.1 Å². The third kappa shape index (κ3) is 3.33. The molecule has 6 nitrogen and oxygen atoms in total. The summed E-state index contributed by atoms with van der Waals surface area (Å²) in [4.78, 5) is 17.8. The van der Waals surface area contributed by atoms with E-state index < -0.39 is 6.29 Å². The Kier molecular flexibility index (Phi) is 4.94. The summed E-state index contributed by atoms with van der Waals surface area (Å²) in [6, 6.07) is 8.16. The number of benzene rings is 1. The van der Waals surface area contributed by atoms with Crippen LogP contribution in [0.2, 0.25) is 0 Å². The highest BCUT2D eigenvalue weighted by atomic mass is 32.1. The molecule has 0 saturated carbocycles. The van der Waals surface area contributed by atoms with Gasteiger partial charge in [0.25, 0.3) is 5.91 Å². The van der Waals surface area contributed by atoms with Crippen molar-refractivity contribution >= 4 is 22.2 Å². The highest BCUT2D eigenvalue weighted by Gasteiger charge is 2.16. The van der Waals surface area contributed by atoms with E-state index in [1.54, 1.807) is 5.38 Å². The lowest BCUT2D eigenvalue weighted by Gasteiger charge is -2.13. The monoisotopic (exact) mass is 345 g/mol. The van der Waals surface area contributed by atoms with E-state index in [1.165, 1.54) is 31.1 Å². The predicted molar refractivity (Wildman–Crippen MR) is 93.4 cm³/mol. The molecule has 24 heavy (non-hydrogen) atoms. The van der Waals surface area contributed by atoms with E-state index in [0.29, 0.717) is 5.69 Å². The van der Waals surface area contributed by atoms with Gasteiger partial charge >= 0.3 is 0 Å². The molecule has 0 saturated heterocycles. The molecule has 3 rings (SSSR count). The zero-order valence-electron chi connectivity index (χ0n) is 13.8. The summed E-state index contributed by atoms with van der Waals surface area (Å²) in [5.74, 6) is -0.187. The lowest BCUT2D eigenvalue weighted by Crippen LogP contribution is -2.34. The van der Waals surface area contributed by atoms with E-state index >= 15 is 0 Å². The Morgan fingerprint density at radius 3 is 2.67 bits per heavy atom. The molecule has 1 N–H and O–H groups in total. The third-order valence-electron chi connectivity index (χ3n) is 3.74. The number of amides is 1. The normalized spacial score (nSPS) is 11.3. The number of nitrogens with one attached hydrogen (secondary N) is 1. The minimum Gasteiger partial charge on any atom is -0.354 e. The molecule has 2 heterocycles. The van der Waals surface area contributed by atoms with Crippen LogP contribution in [0.15, 0.2) is 35.8 Å². The van der Waals surface area contributed by atoms with Gasteiger partial charge in [0.1, 0.15) is 5.69 Å². The van der Waals surface area contributed by atoms with Crippen molar-refractivity contribution in [2.75, 3.05) is 20.8 Å². The van der Waals surface area contributed by atoms with Crippen molar-refractivity contribution in [1.82, 2.24) is 14.7 Å². The van der Waals surface area contributed by atoms with E-state index in [9.17, 15) is 4.79 Å². The first-order chi connectivity index (χ1) is 11.6. The van der Waals surface area contributed by atoms with Crippen molar-refractivity contribution in [1.29, 1.82) is 0 Å². The number of ether oxygens (including phenoxy) is 2. The van der Waals surface area contributed by atoms with Gasteiger partial charge in [-0.05, 0) is 6.92 Å². The van der Waals surface area contributed by atoms with Crippen LogP contribution in [0.1, 0.15) is 16.1 Å². The summed E-state index contributed by atoms with van der Waals surface area (Å²) in [5, 5.41) is 4.60. The minimum atomic E-state index is -0.464. The standard InChI is InChI=1S/C17H19N3O3S/c1-11-4-6-12(7-5-11)13-9-20-14(10-24-17(20)19-13)16(21)18-8-15(22-2)23-3/h4-7,9-10,15H,8H2,1-3H3,(H,18,21). The molecule has 7 heteroatoms. The average Bonchev–Trinajstić information content (AvgIpc) is 3.16. The first-order valence-corrected chi connectivity index (χ1v) is 8.37. The van der Waals surface area contributed by atoms with E-state index in [2.05, 4.69) is 10.3 Å². The van der Waals surface area contributed by atoms with Gasteiger partial charge in [0, 0.05) is 31.4 Å². The quantitative estimate of drug-likeness (QED) is 0.698. The number of aromatic nitrogens is 2. The minimum absolute atomic E-state index is 0.187. The Balaban J connectivity index is 1.82. The summed E-state index contributed by atoms with van der Waals surface area (Å²) in [5.41, 5.74) is 3.63. The highest BCUT2D eigenvalue weighted by Crippen LogP contribution is 2.24. The lowest BCUT2D eigenvalue weighted by molar-refractivity contribution is -0.0974. The van der Waals surface area contributed by atoms with Crippen LogP contribution in [0.5, 0.6) is 0 Å². The Labute approximate surface area is 144 Å². The topological polar surface area (TPSA) is 64.9 Å². The second-order valence-electron chi connectivity index (χ2n) is 5.38. The number of carbonyl (C=O) groups is 1. The molecule has 1 amide bonds. The van der Waals surface area contributed by atoms with Gasteiger partial charge in [-0.3, -0.25) is 9.20 Å². The fraction of sp³-hybridized carbons (Fsp3) is 0.294. The first-order valence-electron chi connectivity index (χ1n) is 7.49. The van der Waals surface area contributed by atoms with Gasteiger partial charge in [-0.2, -0.15) is 0 Å². The summed E-state index contributed by atoms with van der Waals surface area (Å²) >= 11 is 1.44. The number of carbonyl (C=O) groups excluding carboxylic acids is 1. The van der Waals surface area contributed by atoms with E-state index in [-0.39, 0.29) is 12.5 Å². The van der Waals surface area contributed by atoms with Crippen molar-refractivity contribution in [2.24, 2.45) is 0 Å². The zero-order valence-corrected chi connectivity index (χ0v) is 14.6. The van der Waals surface area contributed by atoms with Gasteiger partial charge in [-0.25, -0.2) is 4.98 Å². The van der Waals surface area contributed by atoms with Crippen LogP contribution < -0.4 is 5.32 Å². The molecular formula is C17H19N3O3S. The molecule has 1 aromatic carbocycles. The molecule has 0 bridgehead atoms. The van der Waals surface area contributed by atoms with Crippen LogP contribution >= 0.6 is 11.3 Å². The molecule has 2 aromatic heterocycles. The Hall–Kier alpha value is -2.22. The molecule has 0 radical (unpaired) electrons. The van der Waals surface area contributed by atoms with Crippen LogP contribution in [-0.2, 0) is 9.47 Å². The van der Waals surface area contributed by atoms with Crippen molar-refractivity contribution < 1.29 is 14.3 Å². The van der Waals surface area contributed by atoms with Crippen molar-refractivity contribution in [3.63, 3.8) is 0 Å². The van der Waals surface area contributed by atoms with Gasteiger partial charge in [-0.1, -0.05) is 29.8 Å². The fourth-order valence-corrected chi connectivity index (χ4v) is 3.19.